The van der Waals surface area contributed by atoms with Crippen molar-refractivity contribution in [1.82, 2.24) is 0 Å². The number of nitro groups is 1. The Bertz CT molecular complexity index is 585. The van der Waals surface area contributed by atoms with Crippen molar-refractivity contribution in [2.45, 2.75) is 18.9 Å². The molecule has 2 rings (SSSR count). The minimum atomic E-state index is -0.815. The lowest BCUT2D eigenvalue weighted by molar-refractivity contribution is -0.385. The second-order valence-corrected chi connectivity index (χ2v) is 5.34. The summed E-state index contributed by atoms with van der Waals surface area (Å²) in [5.41, 5.74) is 0.0372. The van der Waals surface area contributed by atoms with Crippen LogP contribution in [-0.4, -0.2) is 44.3 Å². The molecule has 0 radical (unpaired) electrons. The molecular formula is C14H17ClN2O5. The minimum absolute atomic E-state index is 0.0527. The molecule has 22 heavy (non-hydrogen) atoms. The van der Waals surface area contributed by atoms with Crippen molar-refractivity contribution in [1.29, 1.82) is 0 Å². The van der Waals surface area contributed by atoms with Crippen LogP contribution in [-0.2, 0) is 9.47 Å². The van der Waals surface area contributed by atoms with Crippen LogP contribution in [0.5, 0.6) is 0 Å². The molecule has 1 aliphatic rings. The average Bonchev–Trinajstić information content (AvgIpc) is 2.53. The number of methoxy groups -OCH3 is 2. The van der Waals surface area contributed by atoms with E-state index in [1.165, 1.54) is 13.2 Å². The van der Waals surface area contributed by atoms with E-state index in [-0.39, 0.29) is 22.4 Å². The lowest BCUT2D eigenvalue weighted by atomic mass is 10.1. The van der Waals surface area contributed by atoms with Crippen molar-refractivity contribution < 1.29 is 19.2 Å². The molecule has 0 atom stereocenters. The van der Waals surface area contributed by atoms with Gasteiger partial charge in [0.1, 0.15) is 0 Å². The molecule has 1 fully saturated rings. The molecule has 0 aliphatic carbocycles. The highest BCUT2D eigenvalue weighted by molar-refractivity contribution is 6.36. The van der Waals surface area contributed by atoms with Gasteiger partial charge in [-0.25, -0.2) is 4.79 Å². The zero-order valence-corrected chi connectivity index (χ0v) is 13.1. The molecule has 8 heteroatoms. The second kappa shape index (κ2) is 6.93. The van der Waals surface area contributed by atoms with Crippen molar-refractivity contribution >= 4 is 28.9 Å². The van der Waals surface area contributed by atoms with Gasteiger partial charge in [-0.05, 0) is 18.9 Å². The Morgan fingerprint density at radius 3 is 2.50 bits per heavy atom. The Hall–Kier alpha value is -1.86. The van der Waals surface area contributed by atoms with Crippen LogP contribution in [0.25, 0.3) is 0 Å². The number of nitro benzene ring substituents is 1. The summed E-state index contributed by atoms with van der Waals surface area (Å²) in [6.07, 6.45) is 1.86. The van der Waals surface area contributed by atoms with Crippen molar-refractivity contribution in [3.05, 3.63) is 32.8 Å². The summed E-state index contributed by atoms with van der Waals surface area (Å²) in [4.78, 5) is 24.3. The summed E-state index contributed by atoms with van der Waals surface area (Å²) in [6.45, 7) is 1.41. The van der Waals surface area contributed by atoms with Crippen LogP contribution < -0.4 is 4.90 Å². The number of anilines is 1. The van der Waals surface area contributed by atoms with Gasteiger partial charge in [-0.1, -0.05) is 11.6 Å². The maximum absolute atomic E-state index is 11.8. The first-order chi connectivity index (χ1) is 10.5. The number of carbonyl (C=O) groups excluding carboxylic acids is 1. The van der Waals surface area contributed by atoms with E-state index in [0.717, 1.165) is 12.8 Å². The Labute approximate surface area is 132 Å². The fraction of sp³-hybridized carbons (Fsp3) is 0.500. The number of halogens is 1. The van der Waals surface area contributed by atoms with Gasteiger partial charge in [-0.2, -0.15) is 0 Å². The van der Waals surface area contributed by atoms with Gasteiger partial charge < -0.3 is 14.4 Å². The first-order valence-electron chi connectivity index (χ1n) is 6.82. The topological polar surface area (TPSA) is 81.9 Å². The van der Waals surface area contributed by atoms with Gasteiger partial charge in [-0.3, -0.25) is 10.1 Å². The van der Waals surface area contributed by atoms with E-state index in [4.69, 9.17) is 16.3 Å². The molecule has 0 bridgehead atoms. The normalized spacial score (nSPS) is 15.7. The maximum atomic E-state index is 11.8. The summed E-state index contributed by atoms with van der Waals surface area (Å²) in [5.74, 6) is -0.815. The maximum Gasteiger partial charge on any atom is 0.346 e. The summed E-state index contributed by atoms with van der Waals surface area (Å²) in [7, 11) is 2.84. The van der Waals surface area contributed by atoms with Crippen LogP contribution in [0, 0.1) is 10.1 Å². The molecule has 0 amide bonds. The van der Waals surface area contributed by atoms with Gasteiger partial charge in [0, 0.05) is 26.3 Å². The third kappa shape index (κ3) is 3.15. The Morgan fingerprint density at radius 2 is 2.00 bits per heavy atom. The van der Waals surface area contributed by atoms with E-state index in [2.05, 4.69) is 4.74 Å². The number of hydrogen-bond donors (Lipinski definition) is 0. The highest BCUT2D eigenvalue weighted by Crippen LogP contribution is 2.37. The summed E-state index contributed by atoms with van der Waals surface area (Å²) in [5, 5.41) is 11.1. The van der Waals surface area contributed by atoms with Gasteiger partial charge in [0.25, 0.3) is 5.69 Å². The number of hydrogen-bond acceptors (Lipinski definition) is 6. The van der Waals surface area contributed by atoms with Crippen LogP contribution in [0.3, 0.4) is 0 Å². The third-order valence-corrected chi connectivity index (χ3v) is 4.18. The SMILES string of the molecule is COC(=O)c1c([N+](=O)[O-])ccc(N2CCC(OC)CC2)c1Cl. The molecule has 0 spiro atoms. The van der Waals surface area contributed by atoms with E-state index >= 15 is 0 Å². The molecular weight excluding hydrogens is 312 g/mol. The van der Waals surface area contributed by atoms with Crippen molar-refractivity contribution in [2.75, 3.05) is 32.2 Å². The number of ether oxygens (including phenoxy) is 2. The molecule has 0 saturated carbocycles. The van der Waals surface area contributed by atoms with Crippen LogP contribution >= 0.6 is 11.6 Å². The Balaban J connectivity index is 2.38. The lowest BCUT2D eigenvalue weighted by Gasteiger charge is -2.33. The van der Waals surface area contributed by atoms with Crippen molar-refractivity contribution in [2.24, 2.45) is 0 Å². The van der Waals surface area contributed by atoms with Crippen LogP contribution in [0.4, 0.5) is 11.4 Å². The Morgan fingerprint density at radius 1 is 1.36 bits per heavy atom. The molecule has 1 aromatic carbocycles. The molecule has 1 saturated heterocycles. The van der Waals surface area contributed by atoms with Crippen LogP contribution in [0.15, 0.2) is 12.1 Å². The fourth-order valence-corrected chi connectivity index (χ4v) is 2.94. The number of esters is 1. The minimum Gasteiger partial charge on any atom is -0.465 e. The van der Waals surface area contributed by atoms with Crippen molar-refractivity contribution in [3.8, 4) is 0 Å². The van der Waals surface area contributed by atoms with Crippen LogP contribution in [0.2, 0.25) is 5.02 Å². The summed E-state index contributed by atoms with van der Waals surface area (Å²) >= 11 is 6.26. The highest BCUT2D eigenvalue weighted by Gasteiger charge is 2.29. The number of rotatable bonds is 4. The zero-order chi connectivity index (χ0) is 16.3. The summed E-state index contributed by atoms with van der Waals surface area (Å²) in [6, 6.07) is 2.86. The van der Waals surface area contributed by atoms with Crippen LogP contribution in [0.1, 0.15) is 23.2 Å². The standard InChI is InChI=1S/C14H17ClN2O5/c1-21-9-5-7-16(8-6-9)11-4-3-10(17(19)20)12(13(11)15)14(18)22-2/h3-4,9H,5-8H2,1-2H3. The lowest BCUT2D eigenvalue weighted by Crippen LogP contribution is -2.37. The smallest absolute Gasteiger partial charge is 0.346 e. The molecule has 0 aromatic heterocycles. The van der Waals surface area contributed by atoms with E-state index in [0.29, 0.717) is 18.8 Å². The van der Waals surface area contributed by atoms with E-state index in [1.807, 2.05) is 4.90 Å². The van der Waals surface area contributed by atoms with E-state index < -0.39 is 10.9 Å². The molecule has 7 nitrogen and oxygen atoms in total. The molecule has 0 N–H and O–H groups in total. The quantitative estimate of drug-likeness (QED) is 0.480. The molecule has 1 aliphatic heterocycles. The van der Waals surface area contributed by atoms with Gasteiger partial charge in [0.15, 0.2) is 5.56 Å². The van der Waals surface area contributed by atoms with Crippen molar-refractivity contribution in [3.63, 3.8) is 0 Å². The number of benzene rings is 1. The molecule has 0 unspecified atom stereocenters. The van der Waals surface area contributed by atoms with Gasteiger partial charge >= 0.3 is 5.97 Å². The number of carbonyl (C=O) groups is 1. The monoisotopic (exact) mass is 328 g/mol. The number of piperidine rings is 1. The van der Waals surface area contributed by atoms with Gasteiger partial charge in [0.05, 0.1) is 28.8 Å². The average molecular weight is 329 g/mol. The first kappa shape index (κ1) is 16.5. The second-order valence-electron chi connectivity index (χ2n) is 4.96. The fourth-order valence-electron chi connectivity index (χ4n) is 2.58. The first-order valence-corrected chi connectivity index (χ1v) is 7.20. The third-order valence-electron chi connectivity index (χ3n) is 3.80. The van der Waals surface area contributed by atoms with Gasteiger partial charge in [0.2, 0.25) is 0 Å². The zero-order valence-electron chi connectivity index (χ0n) is 12.4. The summed E-state index contributed by atoms with van der Waals surface area (Å²) < 4.78 is 9.93. The highest BCUT2D eigenvalue weighted by atomic mass is 35.5. The molecule has 1 heterocycles. The van der Waals surface area contributed by atoms with Gasteiger partial charge in [-0.15, -0.1) is 0 Å². The Kier molecular flexibility index (Phi) is 5.20. The van der Waals surface area contributed by atoms with E-state index in [1.54, 1.807) is 13.2 Å². The predicted octanol–water partition coefficient (Wildman–Crippen LogP) is 2.65. The van der Waals surface area contributed by atoms with E-state index in [9.17, 15) is 14.9 Å². The molecule has 120 valence electrons. The number of nitrogens with zero attached hydrogens (tertiary/aromatic N) is 2. The molecule has 1 aromatic rings. The largest absolute Gasteiger partial charge is 0.465 e. The predicted molar refractivity (Wildman–Crippen MR) is 81.7 cm³/mol.